The van der Waals surface area contributed by atoms with Crippen molar-refractivity contribution in [2.45, 2.75) is 19.3 Å². The number of nitrogens with one attached hydrogen (secondary N) is 1. The van der Waals surface area contributed by atoms with Crippen molar-refractivity contribution < 1.29 is 9.59 Å². The van der Waals surface area contributed by atoms with Crippen molar-refractivity contribution in [3.8, 4) is 11.1 Å². The number of benzene rings is 2. The van der Waals surface area contributed by atoms with Crippen LogP contribution in [-0.2, 0) is 0 Å². The Morgan fingerprint density at radius 2 is 1.62 bits per heavy atom. The molecule has 1 aliphatic heterocycles. The topological polar surface area (TPSA) is 87.8 Å². The highest BCUT2D eigenvalue weighted by atomic mass is 16.2. The van der Waals surface area contributed by atoms with Gasteiger partial charge in [-0.1, -0.05) is 36.4 Å². The first-order chi connectivity index (χ1) is 12.7. The summed E-state index contributed by atoms with van der Waals surface area (Å²) in [6.45, 7) is 1.60. The lowest BCUT2D eigenvalue weighted by Crippen LogP contribution is -2.35. The van der Waals surface area contributed by atoms with E-state index in [-0.39, 0.29) is 5.91 Å². The summed E-state index contributed by atoms with van der Waals surface area (Å²) in [5.41, 5.74) is 12.3. The van der Waals surface area contributed by atoms with E-state index < -0.39 is 6.03 Å². The van der Waals surface area contributed by atoms with Crippen LogP contribution in [-0.4, -0.2) is 35.6 Å². The largest absolute Gasteiger partial charge is 0.350 e. The van der Waals surface area contributed by atoms with Crippen LogP contribution in [0.15, 0.2) is 47.6 Å². The summed E-state index contributed by atoms with van der Waals surface area (Å²) in [5.74, 6) is 0.0560. The molecule has 132 valence electrons. The van der Waals surface area contributed by atoms with Gasteiger partial charge in [0.1, 0.15) is 0 Å². The Morgan fingerprint density at radius 3 is 2.35 bits per heavy atom. The van der Waals surface area contributed by atoms with Crippen molar-refractivity contribution in [3.05, 3.63) is 59.2 Å². The Labute approximate surface area is 151 Å². The Hall–Kier alpha value is -3.15. The van der Waals surface area contributed by atoms with Crippen LogP contribution in [0.25, 0.3) is 11.1 Å². The van der Waals surface area contributed by atoms with Crippen molar-refractivity contribution in [3.63, 3.8) is 0 Å². The summed E-state index contributed by atoms with van der Waals surface area (Å²) in [4.78, 5) is 26.2. The number of hydrogen-bond acceptors (Lipinski definition) is 3. The van der Waals surface area contributed by atoms with Crippen LogP contribution in [0.4, 0.5) is 4.79 Å². The molecule has 6 nitrogen and oxygen atoms in total. The fourth-order valence-electron chi connectivity index (χ4n) is 3.77. The fourth-order valence-corrected chi connectivity index (χ4v) is 3.77. The molecular weight excluding hydrogens is 328 g/mol. The highest BCUT2D eigenvalue weighted by Gasteiger charge is 2.30. The van der Waals surface area contributed by atoms with E-state index in [4.69, 9.17) is 5.73 Å². The molecule has 1 saturated heterocycles. The molecule has 0 unspecified atom stereocenters. The molecule has 0 spiro atoms. The minimum absolute atomic E-state index is 0.0560. The average Bonchev–Trinajstić information content (AvgIpc) is 3.00. The molecule has 2 aromatic rings. The molecular formula is C20H20N4O2. The maximum atomic E-state index is 13.1. The number of nitrogens with two attached hydrogens (primary N) is 1. The standard InChI is InChI=1S/C20H20N4O2/c21-20(26)23-22-18-14-8-3-2-7-13(14)17-15(18)9-6-10-16(17)19(25)24-11-4-1-5-12-24/h2-3,6-10H,1,4-5,11-12H2,(H3,21,23,26)/b22-18+. The number of hydrogen-bond donors (Lipinski definition) is 2. The van der Waals surface area contributed by atoms with Gasteiger partial charge in [0.05, 0.1) is 5.71 Å². The normalized spacial score (nSPS) is 16.9. The number of likely N-dealkylation sites (tertiary alicyclic amines) is 1. The minimum atomic E-state index is -0.719. The van der Waals surface area contributed by atoms with E-state index in [2.05, 4.69) is 10.5 Å². The van der Waals surface area contributed by atoms with Gasteiger partial charge in [0.15, 0.2) is 0 Å². The predicted molar refractivity (Wildman–Crippen MR) is 100.0 cm³/mol. The molecule has 26 heavy (non-hydrogen) atoms. The summed E-state index contributed by atoms with van der Waals surface area (Å²) >= 11 is 0. The van der Waals surface area contributed by atoms with Crippen molar-refractivity contribution in [1.29, 1.82) is 0 Å². The van der Waals surface area contributed by atoms with Gasteiger partial charge in [0, 0.05) is 35.3 Å². The van der Waals surface area contributed by atoms with Crippen molar-refractivity contribution in [1.82, 2.24) is 10.3 Å². The second kappa shape index (κ2) is 6.63. The van der Waals surface area contributed by atoms with E-state index in [1.165, 1.54) is 6.42 Å². The quantitative estimate of drug-likeness (QED) is 0.698. The molecule has 0 saturated carbocycles. The highest BCUT2D eigenvalue weighted by molar-refractivity contribution is 6.27. The Kier molecular flexibility index (Phi) is 4.16. The molecule has 0 aromatic heterocycles. The van der Waals surface area contributed by atoms with E-state index in [9.17, 15) is 9.59 Å². The molecule has 6 heteroatoms. The molecule has 0 radical (unpaired) electrons. The number of piperidine rings is 1. The molecule has 1 aliphatic carbocycles. The number of carbonyl (C=O) groups is 2. The first kappa shape index (κ1) is 16.3. The monoisotopic (exact) mass is 348 g/mol. The predicted octanol–water partition coefficient (Wildman–Crippen LogP) is 2.71. The Morgan fingerprint density at radius 1 is 0.923 bits per heavy atom. The Balaban J connectivity index is 1.84. The molecule has 4 rings (SSSR count). The molecule has 2 aromatic carbocycles. The fraction of sp³-hybridized carbons (Fsp3) is 0.250. The third-order valence-electron chi connectivity index (χ3n) is 4.92. The van der Waals surface area contributed by atoms with Crippen LogP contribution in [0, 0.1) is 0 Å². The molecule has 2 aliphatic rings. The van der Waals surface area contributed by atoms with Crippen LogP contribution in [0.1, 0.15) is 40.7 Å². The van der Waals surface area contributed by atoms with Crippen LogP contribution in [0.3, 0.4) is 0 Å². The number of primary amides is 1. The first-order valence-electron chi connectivity index (χ1n) is 8.82. The van der Waals surface area contributed by atoms with Gasteiger partial charge in [-0.2, -0.15) is 5.10 Å². The molecule has 1 heterocycles. The third kappa shape index (κ3) is 2.73. The van der Waals surface area contributed by atoms with E-state index in [0.717, 1.165) is 48.2 Å². The van der Waals surface area contributed by atoms with Gasteiger partial charge < -0.3 is 10.6 Å². The molecule has 3 N–H and O–H groups in total. The first-order valence-corrected chi connectivity index (χ1v) is 8.82. The summed E-state index contributed by atoms with van der Waals surface area (Å²) in [5, 5.41) is 4.19. The van der Waals surface area contributed by atoms with Crippen molar-refractivity contribution in [2.75, 3.05) is 13.1 Å². The third-order valence-corrected chi connectivity index (χ3v) is 4.92. The van der Waals surface area contributed by atoms with Gasteiger partial charge in [0.2, 0.25) is 0 Å². The van der Waals surface area contributed by atoms with Crippen molar-refractivity contribution >= 4 is 17.6 Å². The van der Waals surface area contributed by atoms with E-state index in [1.807, 2.05) is 47.4 Å². The van der Waals surface area contributed by atoms with Gasteiger partial charge in [-0.15, -0.1) is 0 Å². The molecule has 0 bridgehead atoms. The molecule has 3 amide bonds. The molecule has 1 fully saturated rings. The zero-order valence-corrected chi connectivity index (χ0v) is 14.4. The zero-order chi connectivity index (χ0) is 18.1. The highest BCUT2D eigenvalue weighted by Crippen LogP contribution is 2.39. The smallest absolute Gasteiger partial charge is 0.332 e. The Bertz CT molecular complexity index is 914. The SMILES string of the molecule is NC(=O)N/N=C1\c2ccccc2-c2c(C(=O)N3CCCCC3)cccc21. The van der Waals surface area contributed by atoms with Gasteiger partial charge in [-0.3, -0.25) is 4.79 Å². The zero-order valence-electron chi connectivity index (χ0n) is 14.4. The maximum absolute atomic E-state index is 13.1. The molecule has 0 atom stereocenters. The number of hydrazone groups is 1. The summed E-state index contributed by atoms with van der Waals surface area (Å²) in [7, 11) is 0. The van der Waals surface area contributed by atoms with Crippen LogP contribution in [0.5, 0.6) is 0 Å². The van der Waals surface area contributed by atoms with Crippen LogP contribution < -0.4 is 11.2 Å². The number of urea groups is 1. The maximum Gasteiger partial charge on any atom is 0.332 e. The van der Waals surface area contributed by atoms with Gasteiger partial charge in [0.25, 0.3) is 5.91 Å². The number of carbonyl (C=O) groups excluding carboxylic acids is 2. The van der Waals surface area contributed by atoms with Gasteiger partial charge in [-0.25, -0.2) is 10.2 Å². The summed E-state index contributed by atoms with van der Waals surface area (Å²) in [6, 6.07) is 12.7. The lowest BCUT2D eigenvalue weighted by molar-refractivity contribution is 0.0725. The van der Waals surface area contributed by atoms with E-state index in [1.54, 1.807) is 0 Å². The minimum Gasteiger partial charge on any atom is -0.350 e. The second-order valence-corrected chi connectivity index (χ2v) is 6.56. The lowest BCUT2D eigenvalue weighted by atomic mass is 9.98. The van der Waals surface area contributed by atoms with Crippen LogP contribution in [0.2, 0.25) is 0 Å². The number of amides is 3. The summed E-state index contributed by atoms with van der Waals surface area (Å²) in [6.07, 6.45) is 3.27. The average molecular weight is 348 g/mol. The van der Waals surface area contributed by atoms with Crippen molar-refractivity contribution in [2.24, 2.45) is 10.8 Å². The van der Waals surface area contributed by atoms with Gasteiger partial charge >= 0.3 is 6.03 Å². The number of rotatable bonds is 2. The lowest BCUT2D eigenvalue weighted by Gasteiger charge is -2.27. The van der Waals surface area contributed by atoms with Crippen LogP contribution >= 0.6 is 0 Å². The second-order valence-electron chi connectivity index (χ2n) is 6.56. The van der Waals surface area contributed by atoms with E-state index in [0.29, 0.717) is 11.3 Å². The van der Waals surface area contributed by atoms with E-state index >= 15 is 0 Å². The number of nitrogens with zero attached hydrogens (tertiary/aromatic N) is 2. The van der Waals surface area contributed by atoms with Gasteiger partial charge in [-0.05, 0) is 30.9 Å². The summed E-state index contributed by atoms with van der Waals surface area (Å²) < 4.78 is 0. The number of fused-ring (bicyclic) bond motifs is 3.